The second-order valence-corrected chi connectivity index (χ2v) is 5.78. The van der Waals surface area contributed by atoms with Crippen molar-refractivity contribution in [2.24, 2.45) is 0 Å². The molecule has 0 N–H and O–H groups in total. The maximum atomic E-state index is 11.5. The van der Waals surface area contributed by atoms with Crippen molar-refractivity contribution < 1.29 is 17.9 Å². The first-order valence-electron chi connectivity index (χ1n) is 4.85. The Kier molecular flexibility index (Phi) is 4.36. The van der Waals surface area contributed by atoms with Gasteiger partial charge in [0.2, 0.25) is 0 Å². The number of carbonyl (C=O) groups excluding carboxylic acids is 1. The van der Waals surface area contributed by atoms with Crippen LogP contribution < -0.4 is 0 Å². The molecule has 5 nitrogen and oxygen atoms in total. The highest BCUT2D eigenvalue weighted by molar-refractivity contribution is 8.11. The summed E-state index contributed by atoms with van der Waals surface area (Å²) in [4.78, 5) is 11.5. The van der Waals surface area contributed by atoms with Crippen LogP contribution in [0.2, 0.25) is 0 Å². The first kappa shape index (κ1) is 12.7. The number of hydrogen-bond acceptors (Lipinski definition) is 4. The lowest BCUT2D eigenvalue weighted by Crippen LogP contribution is -2.46. The van der Waals surface area contributed by atoms with Gasteiger partial charge in [-0.05, 0) is 26.2 Å². The van der Waals surface area contributed by atoms with Crippen molar-refractivity contribution in [3.05, 3.63) is 0 Å². The maximum Gasteiger partial charge on any atom is 0.324 e. The molecule has 0 saturated carbocycles. The molecule has 1 unspecified atom stereocenters. The summed E-state index contributed by atoms with van der Waals surface area (Å²) in [6.45, 7) is 2.21. The van der Waals surface area contributed by atoms with Crippen LogP contribution >= 0.6 is 10.7 Å². The molecule has 0 aromatic rings. The quantitative estimate of drug-likeness (QED) is 0.555. The van der Waals surface area contributed by atoms with E-state index in [1.807, 2.05) is 0 Å². The molecule has 0 aliphatic carbocycles. The van der Waals surface area contributed by atoms with Gasteiger partial charge in [0.1, 0.15) is 6.04 Å². The molecule has 0 amide bonds. The molecule has 15 heavy (non-hydrogen) atoms. The highest BCUT2D eigenvalue weighted by atomic mass is 35.7. The van der Waals surface area contributed by atoms with E-state index >= 15 is 0 Å². The smallest absolute Gasteiger partial charge is 0.324 e. The molecule has 7 heteroatoms. The molecule has 0 aromatic heterocycles. The Morgan fingerprint density at radius 2 is 2.20 bits per heavy atom. The highest BCUT2D eigenvalue weighted by Gasteiger charge is 2.36. The molecule has 0 spiro atoms. The molecule has 1 rings (SSSR count). The van der Waals surface area contributed by atoms with Gasteiger partial charge >= 0.3 is 15.2 Å². The van der Waals surface area contributed by atoms with Crippen LogP contribution in [-0.4, -0.2) is 37.9 Å². The van der Waals surface area contributed by atoms with E-state index in [0.29, 0.717) is 6.42 Å². The third-order valence-corrected chi connectivity index (χ3v) is 3.82. The lowest BCUT2D eigenvalue weighted by atomic mass is 10.1. The fraction of sp³-hybridized carbons (Fsp3) is 0.875. The Bertz CT molecular complexity index is 330. The average molecular weight is 256 g/mol. The first-order valence-corrected chi connectivity index (χ1v) is 7.11. The van der Waals surface area contributed by atoms with Crippen LogP contribution in [-0.2, 0) is 18.8 Å². The van der Waals surface area contributed by atoms with E-state index in [1.165, 1.54) is 0 Å². The van der Waals surface area contributed by atoms with Gasteiger partial charge in [-0.1, -0.05) is 0 Å². The van der Waals surface area contributed by atoms with Crippen LogP contribution in [0.15, 0.2) is 0 Å². The summed E-state index contributed by atoms with van der Waals surface area (Å²) in [5, 5.41) is 0. The molecule has 0 bridgehead atoms. The predicted octanol–water partition coefficient (Wildman–Crippen LogP) is 0.888. The normalized spacial score (nSPS) is 23.7. The Hall–Kier alpha value is -0.330. The standard InChI is InChI=1S/C8H14ClNO4S/c1-2-14-8(11)7-5-3-4-6-10(7)15(9,12)13/h7H,2-6H2,1H3. The second kappa shape index (κ2) is 5.14. The van der Waals surface area contributed by atoms with E-state index in [9.17, 15) is 13.2 Å². The average Bonchev–Trinajstić information content (AvgIpc) is 2.17. The molecule has 0 radical (unpaired) electrons. The number of rotatable bonds is 3. The summed E-state index contributed by atoms with van der Waals surface area (Å²) in [6, 6.07) is -0.749. The number of piperidine rings is 1. The predicted molar refractivity (Wildman–Crippen MR) is 55.8 cm³/mol. The van der Waals surface area contributed by atoms with Crippen molar-refractivity contribution in [1.82, 2.24) is 4.31 Å². The summed E-state index contributed by atoms with van der Waals surface area (Å²) in [6.07, 6.45) is 2.01. The van der Waals surface area contributed by atoms with E-state index in [1.54, 1.807) is 6.92 Å². The van der Waals surface area contributed by atoms with Gasteiger partial charge < -0.3 is 4.74 Å². The fourth-order valence-electron chi connectivity index (χ4n) is 1.64. The minimum atomic E-state index is -3.83. The van der Waals surface area contributed by atoms with Crippen LogP contribution in [0.3, 0.4) is 0 Å². The molecule has 88 valence electrons. The number of esters is 1. The topological polar surface area (TPSA) is 63.7 Å². The Balaban J connectivity index is 2.79. The largest absolute Gasteiger partial charge is 0.465 e. The van der Waals surface area contributed by atoms with Crippen molar-refractivity contribution in [2.75, 3.05) is 13.2 Å². The van der Waals surface area contributed by atoms with E-state index in [4.69, 9.17) is 15.4 Å². The van der Waals surface area contributed by atoms with Gasteiger partial charge in [-0.2, -0.15) is 12.7 Å². The zero-order valence-corrected chi connectivity index (χ0v) is 10.1. The van der Waals surface area contributed by atoms with Gasteiger partial charge in [0.15, 0.2) is 0 Å². The van der Waals surface area contributed by atoms with Crippen molar-refractivity contribution in [2.45, 2.75) is 32.2 Å². The first-order chi connectivity index (χ1) is 6.96. The number of hydrogen-bond donors (Lipinski definition) is 0. The Morgan fingerprint density at radius 1 is 1.53 bits per heavy atom. The summed E-state index contributed by atoms with van der Waals surface area (Å²) < 4.78 is 28.2. The zero-order valence-electron chi connectivity index (χ0n) is 8.48. The third kappa shape index (κ3) is 3.32. The zero-order chi connectivity index (χ0) is 11.5. The van der Waals surface area contributed by atoms with Gasteiger partial charge in [0.05, 0.1) is 6.61 Å². The monoisotopic (exact) mass is 255 g/mol. The van der Waals surface area contributed by atoms with E-state index in [0.717, 1.165) is 17.1 Å². The molecule has 1 heterocycles. The number of halogens is 1. The molecule has 1 atom stereocenters. The van der Waals surface area contributed by atoms with Gasteiger partial charge in [-0.25, -0.2) is 0 Å². The lowest BCUT2D eigenvalue weighted by Gasteiger charge is -2.30. The molecule has 1 saturated heterocycles. The fourth-order valence-corrected chi connectivity index (χ4v) is 2.98. The molecular formula is C8H14ClNO4S. The van der Waals surface area contributed by atoms with Gasteiger partial charge in [0.25, 0.3) is 0 Å². The number of ether oxygens (including phenoxy) is 1. The molecular weight excluding hydrogens is 242 g/mol. The molecule has 0 aromatic carbocycles. The summed E-state index contributed by atoms with van der Waals surface area (Å²) in [5.74, 6) is -0.513. The lowest BCUT2D eigenvalue weighted by molar-refractivity contribution is -0.148. The van der Waals surface area contributed by atoms with Crippen LogP contribution in [0.1, 0.15) is 26.2 Å². The SMILES string of the molecule is CCOC(=O)C1CCCCN1S(=O)(=O)Cl. The van der Waals surface area contributed by atoms with Crippen LogP contribution in [0.5, 0.6) is 0 Å². The highest BCUT2D eigenvalue weighted by Crippen LogP contribution is 2.23. The van der Waals surface area contributed by atoms with Crippen LogP contribution in [0, 0.1) is 0 Å². The second-order valence-electron chi connectivity index (χ2n) is 3.32. The Labute approximate surface area is 93.9 Å². The maximum absolute atomic E-state index is 11.5. The van der Waals surface area contributed by atoms with Gasteiger partial charge in [-0.3, -0.25) is 4.79 Å². The van der Waals surface area contributed by atoms with E-state index in [2.05, 4.69) is 0 Å². The number of nitrogens with zero attached hydrogens (tertiary/aromatic N) is 1. The summed E-state index contributed by atoms with van der Waals surface area (Å²) in [5.41, 5.74) is 0. The van der Waals surface area contributed by atoms with Gasteiger partial charge in [-0.15, -0.1) is 0 Å². The summed E-state index contributed by atoms with van der Waals surface area (Å²) in [7, 11) is 1.41. The Morgan fingerprint density at radius 3 is 2.73 bits per heavy atom. The summed E-state index contributed by atoms with van der Waals surface area (Å²) >= 11 is 0. The van der Waals surface area contributed by atoms with Gasteiger partial charge in [0, 0.05) is 17.2 Å². The van der Waals surface area contributed by atoms with Crippen molar-refractivity contribution in [3.8, 4) is 0 Å². The van der Waals surface area contributed by atoms with Crippen molar-refractivity contribution in [1.29, 1.82) is 0 Å². The molecule has 1 aliphatic rings. The minimum absolute atomic E-state index is 0.242. The molecule has 1 aliphatic heterocycles. The van der Waals surface area contributed by atoms with Crippen molar-refractivity contribution in [3.63, 3.8) is 0 Å². The third-order valence-electron chi connectivity index (χ3n) is 2.29. The van der Waals surface area contributed by atoms with E-state index in [-0.39, 0.29) is 13.2 Å². The van der Waals surface area contributed by atoms with E-state index < -0.39 is 21.2 Å². The minimum Gasteiger partial charge on any atom is -0.465 e. The van der Waals surface area contributed by atoms with Crippen LogP contribution in [0.25, 0.3) is 0 Å². The van der Waals surface area contributed by atoms with Crippen LogP contribution in [0.4, 0.5) is 0 Å². The van der Waals surface area contributed by atoms with Crippen molar-refractivity contribution >= 4 is 25.9 Å². The number of carbonyl (C=O) groups is 1. The molecule has 1 fully saturated rings.